The number of anilines is 2. The minimum absolute atomic E-state index is 0.233. The Balaban J connectivity index is 1.66. The van der Waals surface area contributed by atoms with E-state index >= 15 is 0 Å². The number of amides is 1. The maximum absolute atomic E-state index is 13.5. The summed E-state index contributed by atoms with van der Waals surface area (Å²) in [7, 11) is 0. The highest BCUT2D eigenvalue weighted by atomic mass is 35.5. The first-order valence-electron chi connectivity index (χ1n) is 7.22. The van der Waals surface area contributed by atoms with Crippen molar-refractivity contribution < 1.29 is 27.4 Å². The molecule has 1 amide bonds. The first-order chi connectivity index (χ1) is 12.0. The fraction of sp³-hybridized carbons (Fsp3) is 0.188. The zero-order valence-electron chi connectivity index (χ0n) is 12.7. The highest BCUT2D eigenvalue weighted by molar-refractivity contribution is 6.34. The van der Waals surface area contributed by atoms with Crippen LogP contribution in [-0.2, 0) is 4.79 Å². The van der Waals surface area contributed by atoms with E-state index in [4.69, 9.17) is 21.1 Å². The standard InChI is InChI=1S/C16H12ClF3N2O3/c17-8-5-12-13(25-4-3-24-12)6-11(8)22-14(23)7-21-10-2-1-9(18)15(19)16(10)20/h1-2,5-6,21H,3-4,7H2,(H,22,23). The maximum Gasteiger partial charge on any atom is 0.243 e. The van der Waals surface area contributed by atoms with Crippen LogP contribution in [0.3, 0.4) is 0 Å². The van der Waals surface area contributed by atoms with Crippen LogP contribution in [0.1, 0.15) is 0 Å². The molecule has 5 nitrogen and oxygen atoms in total. The average Bonchev–Trinajstić information content (AvgIpc) is 2.60. The van der Waals surface area contributed by atoms with E-state index in [0.717, 1.165) is 12.1 Å². The largest absolute Gasteiger partial charge is 0.486 e. The third kappa shape index (κ3) is 3.74. The van der Waals surface area contributed by atoms with Gasteiger partial charge in [-0.25, -0.2) is 13.2 Å². The molecule has 25 heavy (non-hydrogen) atoms. The van der Waals surface area contributed by atoms with Crippen LogP contribution in [0.4, 0.5) is 24.5 Å². The van der Waals surface area contributed by atoms with E-state index in [2.05, 4.69) is 10.6 Å². The van der Waals surface area contributed by atoms with Crippen molar-refractivity contribution in [1.29, 1.82) is 0 Å². The van der Waals surface area contributed by atoms with Crippen LogP contribution < -0.4 is 20.1 Å². The Labute approximate surface area is 145 Å². The predicted molar refractivity (Wildman–Crippen MR) is 85.9 cm³/mol. The first-order valence-corrected chi connectivity index (χ1v) is 7.60. The lowest BCUT2D eigenvalue weighted by molar-refractivity contribution is -0.114. The lowest BCUT2D eigenvalue weighted by Gasteiger charge is -2.20. The van der Waals surface area contributed by atoms with Gasteiger partial charge in [-0.1, -0.05) is 11.6 Å². The third-order valence-electron chi connectivity index (χ3n) is 3.38. The molecule has 3 rings (SSSR count). The van der Waals surface area contributed by atoms with Gasteiger partial charge in [-0.3, -0.25) is 4.79 Å². The molecule has 132 valence electrons. The molecular weight excluding hydrogens is 361 g/mol. The van der Waals surface area contributed by atoms with E-state index in [1.807, 2.05) is 0 Å². The Morgan fingerprint density at radius 1 is 1.04 bits per heavy atom. The van der Waals surface area contributed by atoms with Gasteiger partial charge >= 0.3 is 0 Å². The van der Waals surface area contributed by atoms with Gasteiger partial charge in [0, 0.05) is 12.1 Å². The minimum atomic E-state index is -1.61. The topological polar surface area (TPSA) is 59.6 Å². The Kier molecular flexibility index (Phi) is 4.89. The number of fused-ring (bicyclic) bond motifs is 1. The van der Waals surface area contributed by atoms with Crippen LogP contribution in [0.25, 0.3) is 0 Å². The minimum Gasteiger partial charge on any atom is -0.486 e. The summed E-state index contributed by atoms with van der Waals surface area (Å²) in [5.74, 6) is -3.98. The summed E-state index contributed by atoms with van der Waals surface area (Å²) in [5.41, 5.74) is -0.0502. The van der Waals surface area contributed by atoms with Crippen LogP contribution >= 0.6 is 11.6 Å². The molecule has 2 aromatic rings. The molecule has 0 radical (unpaired) electrons. The van der Waals surface area contributed by atoms with Crippen molar-refractivity contribution in [3.05, 3.63) is 46.7 Å². The fourth-order valence-electron chi connectivity index (χ4n) is 2.19. The summed E-state index contributed by atoms with van der Waals surface area (Å²) in [6, 6.07) is 4.77. The molecule has 0 saturated carbocycles. The van der Waals surface area contributed by atoms with Gasteiger partial charge in [0.25, 0.3) is 0 Å². The van der Waals surface area contributed by atoms with Gasteiger partial charge in [-0.05, 0) is 12.1 Å². The molecule has 1 aliphatic heterocycles. The molecule has 0 bridgehead atoms. The lowest BCUT2D eigenvalue weighted by Crippen LogP contribution is -2.23. The number of benzene rings is 2. The molecule has 0 unspecified atom stereocenters. The van der Waals surface area contributed by atoms with Gasteiger partial charge in [0.05, 0.1) is 22.9 Å². The molecule has 0 atom stereocenters. The van der Waals surface area contributed by atoms with Crippen molar-refractivity contribution >= 4 is 28.9 Å². The monoisotopic (exact) mass is 372 g/mol. The molecule has 1 aliphatic rings. The van der Waals surface area contributed by atoms with Gasteiger partial charge < -0.3 is 20.1 Å². The Bertz CT molecular complexity index is 833. The number of carbonyl (C=O) groups is 1. The van der Waals surface area contributed by atoms with E-state index in [9.17, 15) is 18.0 Å². The fourth-order valence-corrected chi connectivity index (χ4v) is 2.39. The second-order valence-electron chi connectivity index (χ2n) is 5.10. The number of rotatable bonds is 4. The molecule has 1 heterocycles. The Morgan fingerprint density at radius 2 is 1.72 bits per heavy atom. The maximum atomic E-state index is 13.5. The number of nitrogens with one attached hydrogen (secondary N) is 2. The summed E-state index contributed by atoms with van der Waals surface area (Å²) in [4.78, 5) is 12.0. The average molecular weight is 373 g/mol. The number of hydrogen-bond acceptors (Lipinski definition) is 4. The van der Waals surface area contributed by atoms with Gasteiger partial charge in [0.1, 0.15) is 13.2 Å². The van der Waals surface area contributed by atoms with E-state index in [1.54, 1.807) is 0 Å². The van der Waals surface area contributed by atoms with Gasteiger partial charge in [0.2, 0.25) is 5.91 Å². The SMILES string of the molecule is O=C(CNc1ccc(F)c(F)c1F)Nc1cc2c(cc1Cl)OCCO2. The van der Waals surface area contributed by atoms with Crippen LogP contribution in [0.15, 0.2) is 24.3 Å². The van der Waals surface area contributed by atoms with Crippen molar-refractivity contribution in [3.8, 4) is 11.5 Å². The van der Waals surface area contributed by atoms with Crippen LogP contribution in [-0.4, -0.2) is 25.7 Å². The highest BCUT2D eigenvalue weighted by Crippen LogP contribution is 2.37. The van der Waals surface area contributed by atoms with Gasteiger partial charge in [-0.2, -0.15) is 0 Å². The van der Waals surface area contributed by atoms with E-state index in [0.29, 0.717) is 24.7 Å². The summed E-state index contributed by atoms with van der Waals surface area (Å²) in [6.07, 6.45) is 0. The van der Waals surface area contributed by atoms with Crippen molar-refractivity contribution in [2.24, 2.45) is 0 Å². The number of carbonyl (C=O) groups excluding carboxylic acids is 1. The summed E-state index contributed by atoms with van der Waals surface area (Å²) in [5, 5.41) is 5.14. The van der Waals surface area contributed by atoms with Crippen LogP contribution in [0.5, 0.6) is 11.5 Å². The predicted octanol–water partition coefficient (Wildman–Crippen LogP) is 3.58. The van der Waals surface area contributed by atoms with Crippen LogP contribution in [0.2, 0.25) is 5.02 Å². The molecular formula is C16H12ClF3N2O3. The first kappa shape index (κ1) is 17.2. The number of hydrogen-bond donors (Lipinski definition) is 2. The van der Waals surface area contributed by atoms with Crippen molar-refractivity contribution in [3.63, 3.8) is 0 Å². The second kappa shape index (κ2) is 7.10. The lowest BCUT2D eigenvalue weighted by atomic mass is 10.2. The van der Waals surface area contributed by atoms with Crippen LogP contribution in [0, 0.1) is 17.5 Å². The molecule has 0 spiro atoms. The third-order valence-corrected chi connectivity index (χ3v) is 3.69. The Morgan fingerprint density at radius 3 is 2.44 bits per heavy atom. The van der Waals surface area contributed by atoms with Crippen molar-refractivity contribution in [1.82, 2.24) is 0 Å². The van der Waals surface area contributed by atoms with E-state index in [1.165, 1.54) is 12.1 Å². The zero-order valence-corrected chi connectivity index (χ0v) is 13.4. The molecule has 0 aliphatic carbocycles. The molecule has 0 saturated heterocycles. The molecule has 0 aromatic heterocycles. The molecule has 0 fully saturated rings. The highest BCUT2D eigenvalue weighted by Gasteiger charge is 2.17. The van der Waals surface area contributed by atoms with Crippen molar-refractivity contribution in [2.45, 2.75) is 0 Å². The number of ether oxygens (including phenoxy) is 2. The summed E-state index contributed by atoms with van der Waals surface area (Å²) < 4.78 is 50.3. The summed E-state index contributed by atoms with van der Waals surface area (Å²) in [6.45, 7) is 0.393. The Hall–Kier alpha value is -2.61. The number of halogens is 4. The zero-order chi connectivity index (χ0) is 18.0. The molecule has 2 aromatic carbocycles. The van der Waals surface area contributed by atoms with Gasteiger partial charge in [0.15, 0.2) is 29.0 Å². The second-order valence-corrected chi connectivity index (χ2v) is 5.51. The smallest absolute Gasteiger partial charge is 0.243 e. The van der Waals surface area contributed by atoms with Crippen molar-refractivity contribution in [2.75, 3.05) is 30.4 Å². The normalized spacial score (nSPS) is 12.6. The van der Waals surface area contributed by atoms with Gasteiger partial charge in [-0.15, -0.1) is 0 Å². The van der Waals surface area contributed by atoms with E-state index in [-0.39, 0.29) is 22.9 Å². The molecule has 2 N–H and O–H groups in total. The molecule has 9 heteroatoms. The van der Waals surface area contributed by atoms with E-state index < -0.39 is 23.4 Å². The quantitative estimate of drug-likeness (QED) is 0.805. The summed E-state index contributed by atoms with van der Waals surface area (Å²) >= 11 is 6.06.